The molecule has 1 N–H and O–H groups in total. The summed E-state index contributed by atoms with van der Waals surface area (Å²) < 4.78 is 4.05. The maximum absolute atomic E-state index is 12.3. The summed E-state index contributed by atoms with van der Waals surface area (Å²) in [6, 6.07) is 1.76. The Morgan fingerprint density at radius 3 is 2.95 bits per heavy atom. The minimum absolute atomic E-state index is 0.249. The molecule has 0 radical (unpaired) electrons. The number of nitrogens with zero attached hydrogens (tertiary/aromatic N) is 5. The highest BCUT2D eigenvalue weighted by atomic mass is 79.9. The van der Waals surface area contributed by atoms with Gasteiger partial charge in [0.25, 0.3) is 5.91 Å². The summed E-state index contributed by atoms with van der Waals surface area (Å²) in [7, 11) is 0. The third kappa shape index (κ3) is 2.50. The summed E-state index contributed by atoms with van der Waals surface area (Å²) in [6.45, 7) is 5.24. The van der Waals surface area contributed by atoms with Gasteiger partial charge in [-0.25, -0.2) is 9.50 Å². The van der Waals surface area contributed by atoms with Crippen molar-refractivity contribution in [1.29, 1.82) is 0 Å². The first kappa shape index (κ1) is 14.7. The van der Waals surface area contributed by atoms with Crippen molar-refractivity contribution in [2.24, 2.45) is 0 Å². The number of rotatable bonds is 4. The van der Waals surface area contributed by atoms with E-state index in [9.17, 15) is 4.79 Å². The van der Waals surface area contributed by atoms with Crippen molar-refractivity contribution in [3.05, 3.63) is 46.1 Å². The van der Waals surface area contributed by atoms with E-state index in [1.54, 1.807) is 29.2 Å². The van der Waals surface area contributed by atoms with Crippen molar-refractivity contribution in [2.45, 2.75) is 26.9 Å². The zero-order valence-corrected chi connectivity index (χ0v) is 13.8. The standard InChI is InChI=1S/C14H15BrN6O/c1-3-20-9(2)10(8-18-20)7-17-14(22)12-11(15)13-16-5-4-6-21(13)19-12/h4-6,8H,3,7H2,1-2H3,(H,17,22). The third-order valence-corrected chi connectivity index (χ3v) is 4.23. The Morgan fingerprint density at radius 2 is 2.27 bits per heavy atom. The molecule has 0 unspecified atom stereocenters. The van der Waals surface area contributed by atoms with Crippen LogP contribution in [0.1, 0.15) is 28.7 Å². The van der Waals surface area contributed by atoms with Gasteiger partial charge in [-0.3, -0.25) is 9.48 Å². The van der Waals surface area contributed by atoms with Gasteiger partial charge in [0.05, 0.1) is 10.7 Å². The Morgan fingerprint density at radius 1 is 1.45 bits per heavy atom. The molecular weight excluding hydrogens is 348 g/mol. The molecule has 3 aromatic rings. The first-order valence-corrected chi connectivity index (χ1v) is 7.69. The molecule has 0 fully saturated rings. The van der Waals surface area contributed by atoms with Crippen molar-refractivity contribution in [1.82, 2.24) is 29.7 Å². The van der Waals surface area contributed by atoms with E-state index in [1.807, 2.05) is 18.5 Å². The molecule has 0 aliphatic rings. The summed E-state index contributed by atoms with van der Waals surface area (Å²) in [6.07, 6.45) is 5.19. The number of carbonyl (C=O) groups excluding carboxylic acids is 1. The molecule has 0 aliphatic heterocycles. The lowest BCUT2D eigenvalue weighted by molar-refractivity contribution is 0.0945. The molecule has 0 atom stereocenters. The number of aromatic nitrogens is 5. The minimum atomic E-state index is -0.249. The predicted molar refractivity (Wildman–Crippen MR) is 84.5 cm³/mol. The maximum Gasteiger partial charge on any atom is 0.273 e. The lowest BCUT2D eigenvalue weighted by Crippen LogP contribution is -2.24. The average Bonchev–Trinajstić information content (AvgIpc) is 3.06. The van der Waals surface area contributed by atoms with Gasteiger partial charge in [0, 0.05) is 36.7 Å². The molecule has 114 valence electrons. The van der Waals surface area contributed by atoms with Gasteiger partial charge in [0.15, 0.2) is 11.3 Å². The van der Waals surface area contributed by atoms with Crippen LogP contribution in [-0.4, -0.2) is 30.3 Å². The Bertz CT molecular complexity index is 837. The first-order chi connectivity index (χ1) is 10.6. The number of hydrogen-bond acceptors (Lipinski definition) is 4. The van der Waals surface area contributed by atoms with Gasteiger partial charge in [0.2, 0.25) is 0 Å². The fourth-order valence-corrected chi connectivity index (χ4v) is 2.78. The predicted octanol–water partition coefficient (Wildman–Crippen LogP) is 1.95. The van der Waals surface area contributed by atoms with Gasteiger partial charge in [-0.15, -0.1) is 0 Å². The topological polar surface area (TPSA) is 77.1 Å². The summed E-state index contributed by atoms with van der Waals surface area (Å²) in [4.78, 5) is 16.5. The van der Waals surface area contributed by atoms with Crippen LogP contribution in [0, 0.1) is 6.92 Å². The molecule has 0 saturated heterocycles. The van der Waals surface area contributed by atoms with Gasteiger partial charge >= 0.3 is 0 Å². The van der Waals surface area contributed by atoms with Crippen molar-refractivity contribution in [3.8, 4) is 0 Å². The molecule has 22 heavy (non-hydrogen) atoms. The van der Waals surface area contributed by atoms with E-state index in [1.165, 1.54) is 0 Å². The highest BCUT2D eigenvalue weighted by Crippen LogP contribution is 2.20. The third-order valence-electron chi connectivity index (χ3n) is 3.50. The highest BCUT2D eigenvalue weighted by molar-refractivity contribution is 9.10. The number of halogens is 1. The largest absolute Gasteiger partial charge is 0.346 e. The summed E-state index contributed by atoms with van der Waals surface area (Å²) >= 11 is 3.39. The normalized spacial score (nSPS) is 11.0. The SMILES string of the molecule is CCn1ncc(CNC(=O)c2nn3cccnc3c2Br)c1C. The fourth-order valence-electron chi connectivity index (χ4n) is 2.24. The summed E-state index contributed by atoms with van der Waals surface area (Å²) in [5.41, 5.74) is 2.98. The number of aryl methyl sites for hydroxylation is 1. The number of nitrogens with one attached hydrogen (secondary N) is 1. The molecule has 8 heteroatoms. The quantitative estimate of drug-likeness (QED) is 0.769. The van der Waals surface area contributed by atoms with E-state index in [2.05, 4.69) is 36.4 Å². The van der Waals surface area contributed by atoms with E-state index in [-0.39, 0.29) is 5.91 Å². The van der Waals surface area contributed by atoms with E-state index in [0.717, 1.165) is 17.8 Å². The molecule has 0 aliphatic carbocycles. The maximum atomic E-state index is 12.3. The zero-order chi connectivity index (χ0) is 15.7. The van der Waals surface area contributed by atoms with E-state index >= 15 is 0 Å². The number of fused-ring (bicyclic) bond motifs is 1. The Labute approximate surface area is 135 Å². The molecule has 3 heterocycles. The van der Waals surface area contributed by atoms with E-state index < -0.39 is 0 Å². The van der Waals surface area contributed by atoms with Gasteiger partial charge in [0.1, 0.15) is 0 Å². The second kappa shape index (κ2) is 5.88. The van der Waals surface area contributed by atoms with E-state index in [4.69, 9.17) is 0 Å². The molecule has 0 spiro atoms. The Hall–Kier alpha value is -2.22. The van der Waals surface area contributed by atoms with Gasteiger partial charge in [-0.05, 0) is 35.8 Å². The average molecular weight is 363 g/mol. The summed E-state index contributed by atoms with van der Waals surface area (Å²) in [5.74, 6) is -0.249. The molecule has 0 bridgehead atoms. The van der Waals surface area contributed by atoms with Crippen molar-refractivity contribution in [2.75, 3.05) is 0 Å². The Kier molecular flexibility index (Phi) is 3.93. The smallest absolute Gasteiger partial charge is 0.273 e. The lowest BCUT2D eigenvalue weighted by atomic mass is 10.2. The van der Waals surface area contributed by atoms with Crippen LogP contribution in [0.5, 0.6) is 0 Å². The first-order valence-electron chi connectivity index (χ1n) is 6.90. The number of carbonyl (C=O) groups is 1. The second-order valence-electron chi connectivity index (χ2n) is 4.80. The zero-order valence-electron chi connectivity index (χ0n) is 12.2. The van der Waals surface area contributed by atoms with Crippen molar-refractivity contribution in [3.63, 3.8) is 0 Å². The van der Waals surface area contributed by atoms with Gasteiger partial charge in [-0.1, -0.05) is 0 Å². The van der Waals surface area contributed by atoms with Crippen LogP contribution >= 0.6 is 15.9 Å². The van der Waals surface area contributed by atoms with Crippen molar-refractivity contribution < 1.29 is 4.79 Å². The minimum Gasteiger partial charge on any atom is -0.346 e. The molecule has 3 rings (SSSR count). The fraction of sp³-hybridized carbons (Fsp3) is 0.286. The Balaban J connectivity index is 1.78. The van der Waals surface area contributed by atoms with Crippen LogP contribution in [0.15, 0.2) is 29.1 Å². The van der Waals surface area contributed by atoms with Crippen molar-refractivity contribution >= 4 is 27.5 Å². The van der Waals surface area contributed by atoms with Crippen LogP contribution in [0.25, 0.3) is 5.65 Å². The van der Waals surface area contributed by atoms with Crippen LogP contribution in [-0.2, 0) is 13.1 Å². The molecule has 0 saturated carbocycles. The molecule has 0 aromatic carbocycles. The van der Waals surface area contributed by atoms with Crippen LogP contribution in [0.2, 0.25) is 0 Å². The molecule has 7 nitrogen and oxygen atoms in total. The molecule has 3 aromatic heterocycles. The van der Waals surface area contributed by atoms with Gasteiger partial charge < -0.3 is 5.32 Å². The van der Waals surface area contributed by atoms with Crippen LogP contribution in [0.3, 0.4) is 0 Å². The van der Waals surface area contributed by atoms with E-state index in [0.29, 0.717) is 22.4 Å². The van der Waals surface area contributed by atoms with Crippen LogP contribution < -0.4 is 5.32 Å². The van der Waals surface area contributed by atoms with Gasteiger partial charge in [-0.2, -0.15) is 10.2 Å². The summed E-state index contributed by atoms with van der Waals surface area (Å²) in [5, 5.41) is 11.4. The lowest BCUT2D eigenvalue weighted by Gasteiger charge is -2.04. The van der Waals surface area contributed by atoms with Crippen LogP contribution in [0.4, 0.5) is 0 Å². The monoisotopic (exact) mass is 362 g/mol. The highest BCUT2D eigenvalue weighted by Gasteiger charge is 2.18. The number of amides is 1. The second-order valence-corrected chi connectivity index (χ2v) is 5.60. The number of hydrogen-bond donors (Lipinski definition) is 1. The molecule has 1 amide bonds. The molecular formula is C14H15BrN6O.